The van der Waals surface area contributed by atoms with Gasteiger partial charge in [0.15, 0.2) is 5.13 Å². The Labute approximate surface area is 181 Å². The third-order valence-electron chi connectivity index (χ3n) is 5.07. The Morgan fingerprint density at radius 1 is 0.968 bits per heavy atom. The summed E-state index contributed by atoms with van der Waals surface area (Å²) >= 11 is 1.39. The van der Waals surface area contributed by atoms with Gasteiger partial charge in [-0.25, -0.2) is 9.78 Å². The second-order valence-corrected chi connectivity index (χ2v) is 7.73. The molecule has 0 radical (unpaired) electrons. The lowest BCUT2D eigenvalue weighted by Gasteiger charge is -2.10. The van der Waals surface area contributed by atoms with E-state index in [1.807, 2.05) is 66.0 Å². The van der Waals surface area contributed by atoms with Gasteiger partial charge in [-0.3, -0.25) is 0 Å². The first kappa shape index (κ1) is 19.1. The highest BCUT2D eigenvalue weighted by molar-refractivity contribution is 7.14. The molecule has 0 amide bonds. The third kappa shape index (κ3) is 3.49. The zero-order chi connectivity index (χ0) is 21.4. The number of thiazole rings is 1. The maximum Gasteiger partial charge on any atom is 0.345 e. The standard InChI is InChI=1S/C24H18N2O4S/c1-28-15-8-10-22(29-2)19(11-15)25-24-26-20(13-31-24)18-12-17-16-6-4-3-5-14(16)7-9-21(17)30-23(18)27/h3-13H,1-2H3,(H,25,26). The Bertz CT molecular complexity index is 1470. The van der Waals surface area contributed by atoms with Gasteiger partial charge in [0.05, 0.1) is 31.2 Å². The van der Waals surface area contributed by atoms with Gasteiger partial charge in [-0.1, -0.05) is 30.3 Å². The number of ether oxygens (including phenoxy) is 2. The van der Waals surface area contributed by atoms with Crippen molar-refractivity contribution in [3.8, 4) is 22.8 Å². The molecule has 3 aromatic carbocycles. The predicted octanol–water partition coefficient (Wildman–Crippen LogP) is 5.83. The number of hydrogen-bond donors (Lipinski definition) is 1. The van der Waals surface area contributed by atoms with Gasteiger partial charge in [0, 0.05) is 16.8 Å². The maximum absolute atomic E-state index is 12.7. The van der Waals surface area contributed by atoms with Crippen LogP contribution in [0.4, 0.5) is 10.8 Å². The highest BCUT2D eigenvalue weighted by atomic mass is 32.1. The molecule has 0 aliphatic heterocycles. The molecule has 31 heavy (non-hydrogen) atoms. The largest absolute Gasteiger partial charge is 0.497 e. The van der Waals surface area contributed by atoms with Crippen LogP contribution in [-0.2, 0) is 0 Å². The first-order chi connectivity index (χ1) is 15.2. The Morgan fingerprint density at radius 2 is 1.84 bits per heavy atom. The van der Waals surface area contributed by atoms with Gasteiger partial charge in [0.1, 0.15) is 17.1 Å². The molecule has 5 rings (SSSR count). The zero-order valence-corrected chi connectivity index (χ0v) is 17.7. The SMILES string of the molecule is COc1ccc(OC)c(Nc2nc(-c3cc4c(ccc5ccccc54)oc3=O)cs2)c1. The molecular weight excluding hydrogens is 412 g/mol. The average molecular weight is 430 g/mol. The number of nitrogens with one attached hydrogen (secondary N) is 1. The van der Waals surface area contributed by atoms with Crippen LogP contribution in [0.1, 0.15) is 0 Å². The number of rotatable bonds is 5. The molecule has 2 heterocycles. The van der Waals surface area contributed by atoms with Crippen molar-refractivity contribution >= 4 is 43.9 Å². The fourth-order valence-corrected chi connectivity index (χ4v) is 4.25. The fraction of sp³-hybridized carbons (Fsp3) is 0.0833. The lowest BCUT2D eigenvalue weighted by Crippen LogP contribution is -2.03. The van der Waals surface area contributed by atoms with Crippen LogP contribution in [0.5, 0.6) is 11.5 Å². The molecule has 0 saturated carbocycles. The van der Waals surface area contributed by atoms with Gasteiger partial charge in [-0.05, 0) is 35.0 Å². The summed E-state index contributed by atoms with van der Waals surface area (Å²) in [5.41, 5.74) is 1.84. The van der Waals surface area contributed by atoms with E-state index in [9.17, 15) is 4.79 Å². The number of anilines is 2. The number of nitrogens with zero attached hydrogens (tertiary/aromatic N) is 1. The van der Waals surface area contributed by atoms with E-state index in [2.05, 4.69) is 10.3 Å². The van der Waals surface area contributed by atoms with Crippen LogP contribution >= 0.6 is 11.3 Å². The molecule has 7 heteroatoms. The van der Waals surface area contributed by atoms with Crippen LogP contribution in [0.3, 0.4) is 0 Å². The molecule has 0 aliphatic carbocycles. The van der Waals surface area contributed by atoms with Crippen molar-refractivity contribution in [2.75, 3.05) is 19.5 Å². The smallest absolute Gasteiger partial charge is 0.345 e. The van der Waals surface area contributed by atoms with E-state index < -0.39 is 5.63 Å². The second-order valence-electron chi connectivity index (χ2n) is 6.88. The molecule has 5 aromatic rings. The number of benzene rings is 3. The maximum atomic E-state index is 12.7. The van der Waals surface area contributed by atoms with Gasteiger partial charge >= 0.3 is 5.63 Å². The van der Waals surface area contributed by atoms with E-state index in [4.69, 9.17) is 13.9 Å². The minimum atomic E-state index is -0.418. The average Bonchev–Trinajstić information content (AvgIpc) is 3.26. The molecule has 0 unspecified atom stereocenters. The van der Waals surface area contributed by atoms with Gasteiger partial charge in [0.2, 0.25) is 0 Å². The van der Waals surface area contributed by atoms with E-state index >= 15 is 0 Å². The summed E-state index contributed by atoms with van der Waals surface area (Å²) in [6.45, 7) is 0. The fourth-order valence-electron chi connectivity index (χ4n) is 3.53. The van der Waals surface area contributed by atoms with Crippen LogP contribution in [0.25, 0.3) is 33.0 Å². The van der Waals surface area contributed by atoms with Gasteiger partial charge in [0.25, 0.3) is 0 Å². The number of methoxy groups -OCH3 is 2. The monoisotopic (exact) mass is 430 g/mol. The molecule has 0 atom stereocenters. The Hall–Kier alpha value is -3.84. The molecule has 0 fully saturated rings. The summed E-state index contributed by atoms with van der Waals surface area (Å²) < 4.78 is 16.3. The van der Waals surface area contributed by atoms with Crippen LogP contribution in [0, 0.1) is 0 Å². The summed E-state index contributed by atoms with van der Waals surface area (Å²) in [5.74, 6) is 1.36. The lowest BCUT2D eigenvalue weighted by atomic mass is 10.0. The first-order valence-electron chi connectivity index (χ1n) is 9.57. The Balaban J connectivity index is 1.56. The quantitative estimate of drug-likeness (QED) is 0.279. The van der Waals surface area contributed by atoms with Crippen molar-refractivity contribution in [1.29, 1.82) is 0 Å². The van der Waals surface area contributed by atoms with E-state index in [1.165, 1.54) is 11.3 Å². The number of aromatic nitrogens is 1. The topological polar surface area (TPSA) is 73.6 Å². The zero-order valence-electron chi connectivity index (χ0n) is 16.8. The van der Waals surface area contributed by atoms with Gasteiger partial charge < -0.3 is 19.2 Å². The second kappa shape index (κ2) is 7.77. The summed E-state index contributed by atoms with van der Waals surface area (Å²) in [6, 6.07) is 19.1. The van der Waals surface area contributed by atoms with Crippen molar-refractivity contribution < 1.29 is 13.9 Å². The highest BCUT2D eigenvalue weighted by Gasteiger charge is 2.14. The van der Waals surface area contributed by atoms with Crippen LogP contribution in [0.15, 0.2) is 75.3 Å². The molecule has 0 saturated heterocycles. The molecular formula is C24H18N2O4S. The molecule has 2 aromatic heterocycles. The minimum absolute atomic E-state index is 0.418. The Kier molecular flexibility index (Phi) is 4.80. The van der Waals surface area contributed by atoms with E-state index in [0.717, 1.165) is 21.8 Å². The van der Waals surface area contributed by atoms with Gasteiger partial charge in [-0.2, -0.15) is 0 Å². The number of hydrogen-bond acceptors (Lipinski definition) is 7. The van der Waals surface area contributed by atoms with Gasteiger partial charge in [-0.15, -0.1) is 11.3 Å². The summed E-state index contributed by atoms with van der Waals surface area (Å²) in [7, 11) is 3.21. The van der Waals surface area contributed by atoms with Crippen LogP contribution in [0.2, 0.25) is 0 Å². The number of fused-ring (bicyclic) bond motifs is 3. The minimum Gasteiger partial charge on any atom is -0.497 e. The van der Waals surface area contributed by atoms with Crippen LogP contribution in [-0.4, -0.2) is 19.2 Å². The van der Waals surface area contributed by atoms with E-state index in [-0.39, 0.29) is 0 Å². The van der Waals surface area contributed by atoms with Crippen LogP contribution < -0.4 is 20.4 Å². The van der Waals surface area contributed by atoms with Crippen molar-refractivity contribution in [3.63, 3.8) is 0 Å². The van der Waals surface area contributed by atoms with Crippen molar-refractivity contribution in [2.45, 2.75) is 0 Å². The summed E-state index contributed by atoms with van der Waals surface area (Å²) in [6.07, 6.45) is 0. The normalized spacial score (nSPS) is 11.0. The molecule has 154 valence electrons. The molecule has 0 spiro atoms. The molecule has 6 nitrogen and oxygen atoms in total. The Morgan fingerprint density at radius 3 is 2.68 bits per heavy atom. The highest BCUT2D eigenvalue weighted by Crippen LogP contribution is 2.34. The van der Waals surface area contributed by atoms with Crippen molar-refractivity contribution in [2.24, 2.45) is 0 Å². The van der Waals surface area contributed by atoms with Crippen molar-refractivity contribution in [1.82, 2.24) is 4.98 Å². The summed E-state index contributed by atoms with van der Waals surface area (Å²) in [4.78, 5) is 17.3. The molecule has 0 aliphatic rings. The summed E-state index contributed by atoms with van der Waals surface area (Å²) in [5, 5.41) is 8.69. The third-order valence-corrected chi connectivity index (χ3v) is 5.83. The lowest BCUT2D eigenvalue weighted by molar-refractivity contribution is 0.405. The molecule has 0 bridgehead atoms. The van der Waals surface area contributed by atoms with Crippen molar-refractivity contribution in [3.05, 3.63) is 76.5 Å². The predicted molar refractivity (Wildman–Crippen MR) is 124 cm³/mol. The van der Waals surface area contributed by atoms with E-state index in [0.29, 0.717) is 33.5 Å². The first-order valence-corrected chi connectivity index (χ1v) is 10.4. The van der Waals surface area contributed by atoms with E-state index in [1.54, 1.807) is 14.2 Å². The molecule has 1 N–H and O–H groups in total.